The highest BCUT2D eigenvalue weighted by Crippen LogP contribution is 2.53. The van der Waals surface area contributed by atoms with E-state index in [1.54, 1.807) is 0 Å². The largest absolute Gasteiger partial charge is 0.396 e. The van der Waals surface area contributed by atoms with E-state index < -0.39 is 0 Å². The lowest BCUT2D eigenvalue weighted by Crippen LogP contribution is -2.24. The minimum absolute atomic E-state index is 0.444. The van der Waals surface area contributed by atoms with E-state index in [9.17, 15) is 5.11 Å². The van der Waals surface area contributed by atoms with Crippen molar-refractivity contribution in [3.63, 3.8) is 0 Å². The second kappa shape index (κ2) is 2.78. The maximum Gasteiger partial charge on any atom is 0.0464 e. The summed E-state index contributed by atoms with van der Waals surface area (Å²) in [6.45, 7) is 0.444. The van der Waals surface area contributed by atoms with Gasteiger partial charge in [0.25, 0.3) is 0 Å². The summed E-state index contributed by atoms with van der Waals surface area (Å²) < 4.78 is 0. The van der Waals surface area contributed by atoms with Crippen molar-refractivity contribution in [1.82, 2.24) is 0 Å². The zero-order chi connectivity index (χ0) is 7.73. The molecule has 1 nitrogen and oxygen atoms in total. The fraction of sp³-hybridized carbons (Fsp3) is 1.00. The van der Waals surface area contributed by atoms with E-state index in [2.05, 4.69) is 0 Å². The average molecular weight is 154 g/mol. The third kappa shape index (κ3) is 1.10. The van der Waals surface area contributed by atoms with Gasteiger partial charge < -0.3 is 5.11 Å². The molecule has 0 aromatic carbocycles. The van der Waals surface area contributed by atoms with E-state index in [0.717, 1.165) is 0 Å². The molecule has 2 saturated carbocycles. The molecule has 0 amide bonds. The zero-order valence-electron chi connectivity index (χ0n) is 7.18. The molecule has 0 saturated heterocycles. The van der Waals surface area contributed by atoms with Gasteiger partial charge in [-0.25, -0.2) is 0 Å². The highest BCUT2D eigenvalue weighted by molar-refractivity contribution is 4.94. The number of hydrogen-bond donors (Lipinski definition) is 1. The van der Waals surface area contributed by atoms with Gasteiger partial charge in [-0.2, -0.15) is 0 Å². The van der Waals surface area contributed by atoms with Crippen molar-refractivity contribution in [3.05, 3.63) is 0 Å². The van der Waals surface area contributed by atoms with E-state index >= 15 is 0 Å². The molecule has 0 bridgehead atoms. The Labute approximate surface area is 68.8 Å². The van der Waals surface area contributed by atoms with E-state index in [1.807, 2.05) is 0 Å². The van der Waals surface area contributed by atoms with E-state index in [0.29, 0.717) is 17.9 Å². The van der Waals surface area contributed by atoms with Crippen molar-refractivity contribution >= 4 is 0 Å². The Bertz CT molecular complexity index is 130. The molecule has 1 N–H and O–H groups in total. The first-order valence-corrected chi connectivity index (χ1v) is 4.98. The van der Waals surface area contributed by atoms with Crippen molar-refractivity contribution < 1.29 is 5.11 Å². The summed E-state index contributed by atoms with van der Waals surface area (Å²) in [7, 11) is 0. The Morgan fingerprint density at radius 3 is 2.36 bits per heavy atom. The zero-order valence-corrected chi connectivity index (χ0v) is 7.18. The lowest BCUT2D eigenvalue weighted by Gasteiger charge is -2.29. The minimum atomic E-state index is 0.444. The van der Waals surface area contributed by atoms with Gasteiger partial charge in [-0.1, -0.05) is 19.3 Å². The van der Waals surface area contributed by atoms with Crippen molar-refractivity contribution in [2.24, 2.45) is 11.3 Å². The molecule has 0 aromatic heterocycles. The quantitative estimate of drug-likeness (QED) is 0.614. The molecular weight excluding hydrogens is 136 g/mol. The normalized spacial score (nSPS) is 35.2. The van der Waals surface area contributed by atoms with Gasteiger partial charge in [0.1, 0.15) is 0 Å². The van der Waals surface area contributed by atoms with Crippen molar-refractivity contribution in [2.75, 3.05) is 6.61 Å². The number of hydrogen-bond acceptors (Lipinski definition) is 1. The molecule has 1 heteroatoms. The Morgan fingerprint density at radius 1 is 1.09 bits per heavy atom. The lowest BCUT2D eigenvalue weighted by molar-refractivity contribution is 0.121. The minimum Gasteiger partial charge on any atom is -0.396 e. The average Bonchev–Trinajstić information content (AvgIpc) is 2.62. The molecular formula is C10H18O. The van der Waals surface area contributed by atoms with Gasteiger partial charge >= 0.3 is 0 Å². The molecule has 0 aromatic rings. The SMILES string of the molecule is OCC1CCCC12CCCC2. The van der Waals surface area contributed by atoms with Crippen LogP contribution in [0.15, 0.2) is 0 Å². The maximum atomic E-state index is 9.19. The van der Waals surface area contributed by atoms with E-state index in [4.69, 9.17) is 0 Å². The van der Waals surface area contributed by atoms with Crippen LogP contribution >= 0.6 is 0 Å². The summed E-state index contributed by atoms with van der Waals surface area (Å²) >= 11 is 0. The number of aliphatic hydroxyl groups is 1. The Morgan fingerprint density at radius 2 is 1.73 bits per heavy atom. The van der Waals surface area contributed by atoms with Gasteiger partial charge in [0.2, 0.25) is 0 Å². The number of rotatable bonds is 1. The third-order valence-corrected chi connectivity index (χ3v) is 3.91. The van der Waals surface area contributed by atoms with Crippen LogP contribution in [0.3, 0.4) is 0 Å². The maximum absolute atomic E-state index is 9.19. The van der Waals surface area contributed by atoms with Crippen LogP contribution in [-0.4, -0.2) is 11.7 Å². The summed E-state index contributed by atoms with van der Waals surface area (Å²) in [5.41, 5.74) is 0.606. The summed E-state index contributed by atoms with van der Waals surface area (Å²) in [6.07, 6.45) is 9.68. The second-order valence-electron chi connectivity index (χ2n) is 4.34. The van der Waals surface area contributed by atoms with Crippen LogP contribution in [0, 0.1) is 11.3 Å². The summed E-state index contributed by atoms with van der Waals surface area (Å²) in [4.78, 5) is 0. The second-order valence-corrected chi connectivity index (χ2v) is 4.34. The predicted molar refractivity (Wildman–Crippen MR) is 45.3 cm³/mol. The molecule has 2 fully saturated rings. The van der Waals surface area contributed by atoms with Gasteiger partial charge in [-0.15, -0.1) is 0 Å². The molecule has 1 spiro atoms. The molecule has 2 aliphatic carbocycles. The Hall–Kier alpha value is -0.0400. The van der Waals surface area contributed by atoms with Crippen LogP contribution in [0.25, 0.3) is 0 Å². The first-order chi connectivity index (χ1) is 5.37. The Balaban J connectivity index is 2.09. The molecule has 1 atom stereocenters. The van der Waals surface area contributed by atoms with Gasteiger partial charge in [0.15, 0.2) is 0 Å². The molecule has 11 heavy (non-hydrogen) atoms. The van der Waals surface area contributed by atoms with Crippen LogP contribution in [0.5, 0.6) is 0 Å². The van der Waals surface area contributed by atoms with Crippen molar-refractivity contribution in [2.45, 2.75) is 44.9 Å². The van der Waals surface area contributed by atoms with Crippen LogP contribution < -0.4 is 0 Å². The van der Waals surface area contributed by atoms with Crippen LogP contribution in [0.4, 0.5) is 0 Å². The summed E-state index contributed by atoms with van der Waals surface area (Å²) in [6, 6.07) is 0. The summed E-state index contributed by atoms with van der Waals surface area (Å²) in [5, 5.41) is 9.19. The standard InChI is InChI=1S/C10H18O/c11-8-9-4-3-7-10(9)5-1-2-6-10/h9,11H,1-8H2. The highest BCUT2D eigenvalue weighted by Gasteiger charge is 2.43. The van der Waals surface area contributed by atoms with Crippen molar-refractivity contribution in [1.29, 1.82) is 0 Å². The van der Waals surface area contributed by atoms with Gasteiger partial charge in [-0.3, -0.25) is 0 Å². The fourth-order valence-corrected chi connectivity index (χ4v) is 3.23. The molecule has 0 heterocycles. The third-order valence-electron chi connectivity index (χ3n) is 3.91. The van der Waals surface area contributed by atoms with Crippen LogP contribution in [-0.2, 0) is 0 Å². The molecule has 0 radical (unpaired) electrons. The first kappa shape index (κ1) is 7.60. The van der Waals surface area contributed by atoms with Crippen molar-refractivity contribution in [3.8, 4) is 0 Å². The first-order valence-electron chi connectivity index (χ1n) is 4.98. The van der Waals surface area contributed by atoms with Gasteiger partial charge in [0, 0.05) is 6.61 Å². The Kier molecular flexibility index (Phi) is 1.92. The summed E-state index contributed by atoms with van der Waals surface area (Å²) in [5.74, 6) is 0.657. The highest BCUT2D eigenvalue weighted by atomic mass is 16.3. The number of aliphatic hydroxyl groups excluding tert-OH is 1. The topological polar surface area (TPSA) is 20.2 Å². The molecule has 0 aliphatic heterocycles. The predicted octanol–water partition coefficient (Wildman–Crippen LogP) is 2.34. The smallest absolute Gasteiger partial charge is 0.0464 e. The van der Waals surface area contributed by atoms with Crippen LogP contribution in [0.1, 0.15) is 44.9 Å². The lowest BCUT2D eigenvalue weighted by atomic mass is 9.77. The molecule has 1 unspecified atom stereocenters. The van der Waals surface area contributed by atoms with Crippen LogP contribution in [0.2, 0.25) is 0 Å². The van der Waals surface area contributed by atoms with E-state index in [-0.39, 0.29) is 0 Å². The van der Waals surface area contributed by atoms with Gasteiger partial charge in [0.05, 0.1) is 0 Å². The van der Waals surface area contributed by atoms with Gasteiger partial charge in [-0.05, 0) is 37.0 Å². The van der Waals surface area contributed by atoms with E-state index in [1.165, 1.54) is 44.9 Å². The molecule has 2 rings (SSSR count). The molecule has 64 valence electrons. The fourth-order valence-electron chi connectivity index (χ4n) is 3.23. The molecule has 2 aliphatic rings. The monoisotopic (exact) mass is 154 g/mol.